The summed E-state index contributed by atoms with van der Waals surface area (Å²) in [4.78, 5) is 22.8. The van der Waals surface area contributed by atoms with Gasteiger partial charge in [-0.05, 0) is 30.2 Å². The standard InChI is InChI=1S/C18H16O5/c19-16-11-4-3-10-15(16)18(22)23-12-6-5-8-13-7-1-2-9-14(13)17(20)21/h1-5,7-11,19H,6,12H2,(H,20,21). The topological polar surface area (TPSA) is 83.8 Å². The fourth-order valence-electron chi connectivity index (χ4n) is 1.99. The number of phenolic OH excluding ortho intramolecular Hbond substituents is 1. The van der Waals surface area contributed by atoms with Crippen molar-refractivity contribution >= 4 is 18.0 Å². The predicted molar refractivity (Wildman–Crippen MR) is 85.4 cm³/mol. The van der Waals surface area contributed by atoms with E-state index in [1.165, 1.54) is 18.2 Å². The Hall–Kier alpha value is -3.08. The molecule has 0 spiro atoms. The maximum absolute atomic E-state index is 11.8. The molecule has 0 radical (unpaired) electrons. The van der Waals surface area contributed by atoms with Gasteiger partial charge in [-0.3, -0.25) is 0 Å². The average Bonchev–Trinajstić information content (AvgIpc) is 2.55. The van der Waals surface area contributed by atoms with E-state index in [1.807, 2.05) is 0 Å². The molecule has 2 N–H and O–H groups in total. The summed E-state index contributed by atoms with van der Waals surface area (Å²) in [5.41, 5.74) is 0.926. The first kappa shape index (κ1) is 16.3. The Morgan fingerprint density at radius 1 is 1.00 bits per heavy atom. The maximum Gasteiger partial charge on any atom is 0.341 e. The highest BCUT2D eigenvalue weighted by Crippen LogP contribution is 2.16. The Bertz CT molecular complexity index is 734. The van der Waals surface area contributed by atoms with Crippen LogP contribution in [0.15, 0.2) is 54.6 Å². The molecule has 23 heavy (non-hydrogen) atoms. The second-order valence-corrected chi connectivity index (χ2v) is 4.74. The number of ether oxygens (including phenoxy) is 1. The van der Waals surface area contributed by atoms with Crippen molar-refractivity contribution in [1.82, 2.24) is 0 Å². The third-order valence-electron chi connectivity index (χ3n) is 3.13. The number of phenols is 1. The highest BCUT2D eigenvalue weighted by Gasteiger charge is 2.10. The molecule has 0 aliphatic carbocycles. The van der Waals surface area contributed by atoms with Crippen LogP contribution in [0.2, 0.25) is 0 Å². The average molecular weight is 312 g/mol. The number of benzene rings is 2. The van der Waals surface area contributed by atoms with Gasteiger partial charge in [-0.1, -0.05) is 42.5 Å². The second-order valence-electron chi connectivity index (χ2n) is 4.74. The quantitative estimate of drug-likeness (QED) is 0.631. The van der Waals surface area contributed by atoms with Crippen LogP contribution in [0.1, 0.15) is 32.7 Å². The molecule has 0 heterocycles. The predicted octanol–water partition coefficient (Wildman–Crippen LogP) is 3.35. The Kier molecular flexibility index (Phi) is 5.52. The molecule has 5 nitrogen and oxygen atoms in total. The number of esters is 1. The molecule has 2 aromatic carbocycles. The van der Waals surface area contributed by atoms with Gasteiger partial charge in [-0.2, -0.15) is 0 Å². The zero-order chi connectivity index (χ0) is 16.7. The summed E-state index contributed by atoms with van der Waals surface area (Å²) >= 11 is 0. The first-order chi connectivity index (χ1) is 11.1. The zero-order valence-electron chi connectivity index (χ0n) is 12.3. The summed E-state index contributed by atoms with van der Waals surface area (Å²) in [6.45, 7) is 0.138. The van der Waals surface area contributed by atoms with Crippen molar-refractivity contribution in [3.05, 3.63) is 71.3 Å². The fraction of sp³-hybridized carbons (Fsp3) is 0.111. The zero-order valence-corrected chi connectivity index (χ0v) is 12.3. The number of aromatic carboxylic acids is 1. The van der Waals surface area contributed by atoms with E-state index < -0.39 is 11.9 Å². The normalized spacial score (nSPS) is 10.6. The third-order valence-corrected chi connectivity index (χ3v) is 3.13. The van der Waals surface area contributed by atoms with E-state index in [0.29, 0.717) is 12.0 Å². The highest BCUT2D eigenvalue weighted by molar-refractivity contribution is 5.92. The lowest BCUT2D eigenvalue weighted by molar-refractivity contribution is 0.0508. The van der Waals surface area contributed by atoms with E-state index in [4.69, 9.17) is 9.84 Å². The molecule has 0 saturated carbocycles. The van der Waals surface area contributed by atoms with E-state index in [0.717, 1.165) is 0 Å². The van der Waals surface area contributed by atoms with Crippen molar-refractivity contribution in [3.63, 3.8) is 0 Å². The smallest absolute Gasteiger partial charge is 0.341 e. The van der Waals surface area contributed by atoms with Crippen molar-refractivity contribution in [1.29, 1.82) is 0 Å². The number of hydrogen-bond acceptors (Lipinski definition) is 4. The summed E-state index contributed by atoms with van der Waals surface area (Å²) in [7, 11) is 0. The van der Waals surface area contributed by atoms with Crippen LogP contribution < -0.4 is 0 Å². The molecule has 0 atom stereocenters. The van der Waals surface area contributed by atoms with Gasteiger partial charge < -0.3 is 14.9 Å². The summed E-state index contributed by atoms with van der Waals surface area (Å²) < 4.78 is 5.06. The van der Waals surface area contributed by atoms with Gasteiger partial charge in [-0.15, -0.1) is 0 Å². The van der Waals surface area contributed by atoms with E-state index in [-0.39, 0.29) is 23.5 Å². The first-order valence-corrected chi connectivity index (χ1v) is 7.03. The summed E-state index contributed by atoms with van der Waals surface area (Å²) in [5.74, 6) is -1.71. The Morgan fingerprint density at radius 3 is 2.35 bits per heavy atom. The Balaban J connectivity index is 1.87. The van der Waals surface area contributed by atoms with Gasteiger partial charge in [-0.25, -0.2) is 9.59 Å². The van der Waals surface area contributed by atoms with E-state index in [1.54, 1.807) is 42.5 Å². The molecule has 0 unspecified atom stereocenters. The van der Waals surface area contributed by atoms with Crippen LogP contribution in [0.25, 0.3) is 6.08 Å². The Morgan fingerprint density at radius 2 is 1.65 bits per heavy atom. The maximum atomic E-state index is 11.8. The largest absolute Gasteiger partial charge is 0.507 e. The fourth-order valence-corrected chi connectivity index (χ4v) is 1.99. The van der Waals surface area contributed by atoms with Crippen LogP contribution in [0.3, 0.4) is 0 Å². The van der Waals surface area contributed by atoms with Crippen molar-refractivity contribution in [2.24, 2.45) is 0 Å². The number of carboxylic acid groups (broad SMARTS) is 1. The minimum Gasteiger partial charge on any atom is -0.507 e. The third kappa shape index (κ3) is 4.44. The number of carbonyl (C=O) groups is 2. The van der Waals surface area contributed by atoms with Gasteiger partial charge in [0.05, 0.1) is 12.2 Å². The van der Waals surface area contributed by atoms with Crippen molar-refractivity contribution in [2.45, 2.75) is 6.42 Å². The minimum absolute atomic E-state index is 0.118. The van der Waals surface area contributed by atoms with Gasteiger partial charge in [0.1, 0.15) is 11.3 Å². The SMILES string of the molecule is O=C(OCCC=Cc1ccccc1C(=O)O)c1ccccc1O. The van der Waals surface area contributed by atoms with E-state index >= 15 is 0 Å². The van der Waals surface area contributed by atoms with Gasteiger partial charge in [0.2, 0.25) is 0 Å². The molecule has 0 aliphatic rings. The van der Waals surface area contributed by atoms with Gasteiger partial charge in [0.25, 0.3) is 0 Å². The van der Waals surface area contributed by atoms with Crippen LogP contribution in [0.5, 0.6) is 5.75 Å². The molecule has 0 aliphatic heterocycles. The molecule has 0 bridgehead atoms. The second kappa shape index (κ2) is 7.79. The Labute approximate surface area is 133 Å². The van der Waals surface area contributed by atoms with Crippen molar-refractivity contribution in [2.75, 3.05) is 6.61 Å². The van der Waals surface area contributed by atoms with E-state index in [2.05, 4.69) is 0 Å². The number of aromatic hydroxyl groups is 1. The lowest BCUT2D eigenvalue weighted by Crippen LogP contribution is -2.06. The molecule has 2 aromatic rings. The van der Waals surface area contributed by atoms with Gasteiger partial charge >= 0.3 is 11.9 Å². The van der Waals surface area contributed by atoms with Crippen LogP contribution in [-0.4, -0.2) is 28.8 Å². The van der Waals surface area contributed by atoms with Crippen LogP contribution >= 0.6 is 0 Å². The molecule has 0 saturated heterocycles. The van der Waals surface area contributed by atoms with Crippen LogP contribution in [-0.2, 0) is 4.74 Å². The first-order valence-electron chi connectivity index (χ1n) is 7.03. The number of hydrogen-bond donors (Lipinski definition) is 2. The lowest BCUT2D eigenvalue weighted by atomic mass is 10.1. The number of para-hydroxylation sites is 1. The summed E-state index contributed by atoms with van der Waals surface area (Å²) in [5, 5.41) is 18.6. The minimum atomic E-state index is -0.990. The molecule has 2 rings (SSSR count). The molecule has 0 fully saturated rings. The van der Waals surface area contributed by atoms with Gasteiger partial charge in [0, 0.05) is 0 Å². The molecule has 0 aromatic heterocycles. The highest BCUT2D eigenvalue weighted by atomic mass is 16.5. The number of carbonyl (C=O) groups excluding carboxylic acids is 1. The monoisotopic (exact) mass is 312 g/mol. The number of rotatable bonds is 6. The van der Waals surface area contributed by atoms with Crippen molar-refractivity contribution in [3.8, 4) is 5.75 Å². The lowest BCUT2D eigenvalue weighted by Gasteiger charge is -2.04. The van der Waals surface area contributed by atoms with Crippen LogP contribution in [0.4, 0.5) is 0 Å². The van der Waals surface area contributed by atoms with E-state index in [9.17, 15) is 14.7 Å². The number of carboxylic acids is 1. The van der Waals surface area contributed by atoms with Crippen molar-refractivity contribution < 1.29 is 24.5 Å². The van der Waals surface area contributed by atoms with Crippen LogP contribution in [0, 0.1) is 0 Å². The summed E-state index contributed by atoms with van der Waals surface area (Å²) in [6, 6.07) is 12.8. The molecular weight excluding hydrogens is 296 g/mol. The molecule has 5 heteroatoms. The molecular formula is C18H16O5. The molecule has 118 valence electrons. The summed E-state index contributed by atoms with van der Waals surface area (Å²) in [6.07, 6.45) is 3.85. The van der Waals surface area contributed by atoms with Gasteiger partial charge in [0.15, 0.2) is 0 Å². The molecule has 0 amide bonds.